The van der Waals surface area contributed by atoms with Crippen molar-refractivity contribution in [3.63, 3.8) is 0 Å². The lowest BCUT2D eigenvalue weighted by Gasteiger charge is -1.82. The van der Waals surface area contributed by atoms with Crippen LogP contribution >= 0.6 is 23.2 Å². The highest BCUT2D eigenvalue weighted by atomic mass is 35.5. The van der Waals surface area contributed by atoms with Crippen molar-refractivity contribution in [3.8, 4) is 0 Å². The summed E-state index contributed by atoms with van der Waals surface area (Å²) in [6, 6.07) is 5.72. The lowest BCUT2D eigenvalue weighted by Crippen LogP contribution is -2.23. The molecule has 0 radical (unpaired) electrons. The van der Waals surface area contributed by atoms with Crippen LogP contribution in [-0.4, -0.2) is 0 Å². The molecular weight excluding hydrogens is 169 g/mol. The Kier molecular flexibility index (Phi) is 2.72. The number of nitrogens with zero attached hydrogens (tertiary/aromatic N) is 1. The zero-order valence-electron chi connectivity index (χ0n) is 5.17. The summed E-state index contributed by atoms with van der Waals surface area (Å²) in [5, 5.41) is 0. The van der Waals surface area contributed by atoms with Crippen molar-refractivity contribution in [1.82, 2.24) is 0 Å². The zero-order chi connectivity index (χ0) is 7.40. The smallest absolute Gasteiger partial charge is 0.171 e. The van der Waals surface area contributed by atoms with Gasteiger partial charge in [-0.25, -0.2) is 0 Å². The molecule has 1 nitrogen and oxygen atoms in total. The van der Waals surface area contributed by atoms with E-state index in [2.05, 4.69) is 0 Å². The number of pyridine rings is 1. The van der Waals surface area contributed by atoms with Crippen LogP contribution in [0.4, 0.5) is 0 Å². The standard InChI is InChI=1S/C7H6Cl2N/c8-7(9)6-10-4-2-1-3-5-10/h1-6H/q+1. The Balaban J connectivity index is 2.87. The van der Waals surface area contributed by atoms with E-state index < -0.39 is 0 Å². The first-order valence-corrected chi connectivity index (χ1v) is 3.53. The molecular formula is C7H6Cl2N+. The topological polar surface area (TPSA) is 3.88 Å². The SMILES string of the molecule is ClC(Cl)=C[n+]1ccccc1. The van der Waals surface area contributed by atoms with Gasteiger partial charge in [-0.2, -0.15) is 4.57 Å². The second-order valence-corrected chi connectivity index (χ2v) is 2.75. The van der Waals surface area contributed by atoms with Crippen LogP contribution in [0, 0.1) is 0 Å². The molecule has 3 heteroatoms. The summed E-state index contributed by atoms with van der Waals surface area (Å²) in [4.78, 5) is 0. The maximum atomic E-state index is 5.42. The predicted molar refractivity (Wildman–Crippen MR) is 42.6 cm³/mol. The summed E-state index contributed by atoms with van der Waals surface area (Å²) in [6.45, 7) is 0. The fraction of sp³-hybridized carbons (Fsp3) is 0. The van der Waals surface area contributed by atoms with E-state index in [4.69, 9.17) is 23.2 Å². The van der Waals surface area contributed by atoms with Crippen molar-refractivity contribution >= 4 is 29.4 Å². The Labute approximate surface area is 69.5 Å². The van der Waals surface area contributed by atoms with E-state index in [0.29, 0.717) is 0 Å². The molecule has 0 saturated heterocycles. The first-order chi connectivity index (χ1) is 4.79. The van der Waals surface area contributed by atoms with E-state index in [-0.39, 0.29) is 4.49 Å². The van der Waals surface area contributed by atoms with E-state index in [1.54, 1.807) is 10.8 Å². The van der Waals surface area contributed by atoms with E-state index in [9.17, 15) is 0 Å². The van der Waals surface area contributed by atoms with Gasteiger partial charge >= 0.3 is 0 Å². The number of aromatic nitrogens is 1. The van der Waals surface area contributed by atoms with Gasteiger partial charge < -0.3 is 0 Å². The zero-order valence-corrected chi connectivity index (χ0v) is 6.68. The van der Waals surface area contributed by atoms with Gasteiger partial charge in [0, 0.05) is 12.1 Å². The third-order valence-electron chi connectivity index (χ3n) is 0.985. The van der Waals surface area contributed by atoms with E-state index in [1.807, 2.05) is 30.6 Å². The van der Waals surface area contributed by atoms with Gasteiger partial charge in [0.05, 0.1) is 0 Å². The van der Waals surface area contributed by atoms with Crippen LogP contribution in [0.3, 0.4) is 0 Å². The molecule has 0 unspecified atom stereocenters. The van der Waals surface area contributed by atoms with Gasteiger partial charge in [0.25, 0.3) is 0 Å². The third kappa shape index (κ3) is 2.38. The molecule has 0 aromatic carbocycles. The minimum atomic E-state index is 0.246. The van der Waals surface area contributed by atoms with Gasteiger partial charge in [0.2, 0.25) is 6.20 Å². The van der Waals surface area contributed by atoms with Gasteiger partial charge in [-0.05, 0) is 0 Å². The van der Waals surface area contributed by atoms with Crippen LogP contribution in [0.2, 0.25) is 0 Å². The molecule has 52 valence electrons. The average molecular weight is 175 g/mol. The molecule has 0 aliphatic carbocycles. The molecule has 1 rings (SSSR count). The summed E-state index contributed by atoms with van der Waals surface area (Å²) >= 11 is 10.8. The Bertz CT molecular complexity index is 227. The van der Waals surface area contributed by atoms with Gasteiger partial charge in [-0.3, -0.25) is 0 Å². The van der Waals surface area contributed by atoms with Gasteiger partial charge in [0.1, 0.15) is 0 Å². The van der Waals surface area contributed by atoms with E-state index >= 15 is 0 Å². The van der Waals surface area contributed by atoms with Crippen LogP contribution < -0.4 is 4.57 Å². The van der Waals surface area contributed by atoms with Gasteiger partial charge in [0.15, 0.2) is 16.9 Å². The Morgan fingerprint density at radius 3 is 2.20 bits per heavy atom. The summed E-state index contributed by atoms with van der Waals surface area (Å²) in [5.74, 6) is 0. The second kappa shape index (κ2) is 3.59. The minimum Gasteiger partial charge on any atom is -0.171 e. The van der Waals surface area contributed by atoms with Crippen molar-refractivity contribution in [3.05, 3.63) is 35.1 Å². The van der Waals surface area contributed by atoms with E-state index in [0.717, 1.165) is 0 Å². The molecule has 0 bridgehead atoms. The summed E-state index contributed by atoms with van der Waals surface area (Å²) < 4.78 is 2.02. The fourth-order valence-corrected chi connectivity index (χ4v) is 0.836. The summed E-state index contributed by atoms with van der Waals surface area (Å²) in [7, 11) is 0. The predicted octanol–water partition coefficient (Wildman–Crippen LogP) is 2.21. The molecule has 1 aromatic rings. The summed E-state index contributed by atoms with van der Waals surface area (Å²) in [5.41, 5.74) is 0. The monoisotopic (exact) mass is 174 g/mol. The van der Waals surface area contributed by atoms with Gasteiger partial charge in [-0.15, -0.1) is 0 Å². The molecule has 10 heavy (non-hydrogen) atoms. The highest BCUT2D eigenvalue weighted by Crippen LogP contribution is 2.03. The van der Waals surface area contributed by atoms with E-state index in [1.165, 1.54) is 0 Å². The molecule has 0 amide bonds. The fourth-order valence-electron chi connectivity index (χ4n) is 0.611. The molecule has 0 aliphatic heterocycles. The molecule has 1 heterocycles. The molecule has 0 fully saturated rings. The average Bonchev–Trinajstić information content (AvgIpc) is 1.88. The first-order valence-electron chi connectivity index (χ1n) is 2.77. The molecule has 0 saturated carbocycles. The van der Waals surface area contributed by atoms with Gasteiger partial charge in [-0.1, -0.05) is 29.3 Å². The van der Waals surface area contributed by atoms with Crippen LogP contribution in [0.15, 0.2) is 35.1 Å². The first kappa shape index (κ1) is 7.58. The maximum absolute atomic E-state index is 5.42. The molecule has 1 aromatic heterocycles. The highest BCUT2D eigenvalue weighted by Gasteiger charge is 1.92. The Morgan fingerprint density at radius 2 is 1.70 bits per heavy atom. The minimum absolute atomic E-state index is 0.246. The third-order valence-corrected chi connectivity index (χ3v) is 1.18. The van der Waals surface area contributed by atoms with Crippen LogP contribution in [0.5, 0.6) is 0 Å². The number of halogens is 2. The lowest BCUT2D eigenvalue weighted by molar-refractivity contribution is -0.568. The lowest BCUT2D eigenvalue weighted by atomic mass is 10.5. The number of hydrogen-bond acceptors (Lipinski definition) is 0. The van der Waals surface area contributed by atoms with Crippen LogP contribution in [0.1, 0.15) is 0 Å². The largest absolute Gasteiger partial charge is 0.204 e. The molecule has 0 spiro atoms. The quantitative estimate of drug-likeness (QED) is 0.576. The Morgan fingerprint density at radius 1 is 1.10 bits per heavy atom. The normalized spacial score (nSPS) is 9.00. The second-order valence-electron chi connectivity index (χ2n) is 1.74. The van der Waals surface area contributed by atoms with Crippen molar-refractivity contribution in [2.24, 2.45) is 0 Å². The number of rotatable bonds is 1. The molecule has 0 aliphatic rings. The van der Waals surface area contributed by atoms with Crippen LogP contribution in [0.25, 0.3) is 6.20 Å². The van der Waals surface area contributed by atoms with Crippen molar-refractivity contribution in [2.75, 3.05) is 0 Å². The highest BCUT2D eigenvalue weighted by molar-refractivity contribution is 6.57. The molecule has 0 N–H and O–H groups in total. The van der Waals surface area contributed by atoms with Crippen molar-refractivity contribution < 1.29 is 4.57 Å². The van der Waals surface area contributed by atoms with Crippen molar-refractivity contribution in [1.29, 1.82) is 0 Å². The number of hydrogen-bond donors (Lipinski definition) is 0. The maximum Gasteiger partial charge on any atom is 0.204 e. The Hall–Kier alpha value is -0.530. The molecule has 0 atom stereocenters. The summed E-state index contributed by atoms with van der Waals surface area (Å²) in [6.07, 6.45) is 5.32. The van der Waals surface area contributed by atoms with Crippen LogP contribution in [-0.2, 0) is 0 Å². The van der Waals surface area contributed by atoms with Crippen molar-refractivity contribution in [2.45, 2.75) is 0 Å².